The van der Waals surface area contributed by atoms with Gasteiger partial charge in [-0.25, -0.2) is 0 Å². The van der Waals surface area contributed by atoms with Crippen LogP contribution in [0.25, 0.3) is 0 Å². The van der Waals surface area contributed by atoms with Gasteiger partial charge in [-0.1, -0.05) is 6.92 Å². The molecule has 1 atom stereocenters. The third-order valence-corrected chi connectivity index (χ3v) is 2.70. The van der Waals surface area contributed by atoms with Crippen LogP contribution in [-0.4, -0.2) is 50.1 Å². The molecule has 92 valence electrons. The van der Waals surface area contributed by atoms with Crippen LogP contribution in [0.1, 0.15) is 19.8 Å². The molecule has 0 spiro atoms. The van der Waals surface area contributed by atoms with Crippen molar-refractivity contribution in [3.05, 3.63) is 0 Å². The molecule has 0 aromatic heterocycles. The normalized spacial score (nSPS) is 20.2. The molecule has 1 aliphatic heterocycles. The molecule has 5 heteroatoms. The van der Waals surface area contributed by atoms with Gasteiger partial charge in [-0.05, 0) is 6.42 Å². The number of rotatable bonds is 6. The Bertz CT molecular complexity index is 256. The second-order valence-corrected chi connectivity index (χ2v) is 4.02. The molecule has 0 aliphatic carbocycles. The molecular formula is C11H20N2O3. The zero-order valence-electron chi connectivity index (χ0n) is 9.99. The lowest BCUT2D eigenvalue weighted by atomic mass is 10.1. The summed E-state index contributed by atoms with van der Waals surface area (Å²) in [5.74, 6) is -0.139. The highest BCUT2D eigenvalue weighted by Gasteiger charge is 2.33. The summed E-state index contributed by atoms with van der Waals surface area (Å²) in [5, 5.41) is 2.82. The first-order chi connectivity index (χ1) is 7.69. The first kappa shape index (κ1) is 13.0. The van der Waals surface area contributed by atoms with Gasteiger partial charge >= 0.3 is 0 Å². The predicted molar refractivity (Wildman–Crippen MR) is 59.9 cm³/mol. The number of likely N-dealkylation sites (tertiary alicyclic amines) is 1. The molecule has 5 nitrogen and oxygen atoms in total. The van der Waals surface area contributed by atoms with Crippen LogP contribution in [-0.2, 0) is 14.3 Å². The van der Waals surface area contributed by atoms with E-state index in [1.54, 1.807) is 12.0 Å². The molecule has 1 fully saturated rings. The van der Waals surface area contributed by atoms with E-state index >= 15 is 0 Å². The van der Waals surface area contributed by atoms with Crippen molar-refractivity contribution in [2.75, 3.05) is 33.4 Å². The van der Waals surface area contributed by atoms with Crippen LogP contribution in [0.2, 0.25) is 0 Å². The number of ether oxygens (including phenoxy) is 1. The molecule has 2 amide bonds. The number of nitrogens with one attached hydrogen (secondary N) is 1. The van der Waals surface area contributed by atoms with E-state index in [1.807, 2.05) is 6.92 Å². The zero-order chi connectivity index (χ0) is 12.0. The number of carbonyl (C=O) groups is 2. The maximum Gasteiger partial charge on any atom is 0.225 e. The SMILES string of the molecule is CCCNC(=O)[C@@H]1CC(=O)N(CCOC)C1. The first-order valence-electron chi connectivity index (χ1n) is 5.73. The summed E-state index contributed by atoms with van der Waals surface area (Å²) in [5.41, 5.74) is 0. The van der Waals surface area contributed by atoms with Crippen molar-refractivity contribution in [3.63, 3.8) is 0 Å². The van der Waals surface area contributed by atoms with Gasteiger partial charge in [-0.2, -0.15) is 0 Å². The van der Waals surface area contributed by atoms with Gasteiger partial charge in [0.05, 0.1) is 12.5 Å². The van der Waals surface area contributed by atoms with Gasteiger partial charge in [0, 0.05) is 33.2 Å². The Hall–Kier alpha value is -1.10. The zero-order valence-corrected chi connectivity index (χ0v) is 9.99. The molecule has 0 aromatic carbocycles. The summed E-state index contributed by atoms with van der Waals surface area (Å²) in [7, 11) is 1.60. The van der Waals surface area contributed by atoms with Crippen molar-refractivity contribution < 1.29 is 14.3 Å². The average Bonchev–Trinajstić information content (AvgIpc) is 2.65. The maximum absolute atomic E-state index is 11.6. The number of methoxy groups -OCH3 is 1. The highest BCUT2D eigenvalue weighted by Crippen LogP contribution is 2.17. The van der Waals surface area contributed by atoms with E-state index in [4.69, 9.17) is 4.74 Å². The lowest BCUT2D eigenvalue weighted by molar-refractivity contribution is -0.129. The van der Waals surface area contributed by atoms with Gasteiger partial charge in [0.1, 0.15) is 0 Å². The van der Waals surface area contributed by atoms with Crippen LogP contribution >= 0.6 is 0 Å². The molecule has 0 bridgehead atoms. The Morgan fingerprint density at radius 1 is 1.62 bits per heavy atom. The molecule has 1 rings (SSSR count). The number of hydrogen-bond acceptors (Lipinski definition) is 3. The average molecular weight is 228 g/mol. The van der Waals surface area contributed by atoms with Crippen LogP contribution in [0.4, 0.5) is 0 Å². The molecule has 16 heavy (non-hydrogen) atoms. The summed E-state index contributed by atoms with van der Waals surface area (Å²) >= 11 is 0. The standard InChI is InChI=1S/C11H20N2O3/c1-3-4-12-11(15)9-7-10(14)13(8-9)5-6-16-2/h9H,3-8H2,1-2H3,(H,12,15)/t9-/m1/s1. The van der Waals surface area contributed by atoms with E-state index in [9.17, 15) is 9.59 Å². The van der Waals surface area contributed by atoms with E-state index in [0.717, 1.165) is 6.42 Å². The Morgan fingerprint density at radius 2 is 2.38 bits per heavy atom. The third kappa shape index (κ3) is 3.48. The Morgan fingerprint density at radius 3 is 3.00 bits per heavy atom. The fourth-order valence-corrected chi connectivity index (χ4v) is 1.76. The van der Waals surface area contributed by atoms with Crippen molar-refractivity contribution in [2.24, 2.45) is 5.92 Å². The summed E-state index contributed by atoms with van der Waals surface area (Å²) in [6.07, 6.45) is 1.25. The van der Waals surface area contributed by atoms with E-state index < -0.39 is 0 Å². The molecular weight excluding hydrogens is 208 g/mol. The summed E-state index contributed by atoms with van der Waals surface area (Å²) in [4.78, 5) is 24.9. The number of amides is 2. The minimum Gasteiger partial charge on any atom is -0.383 e. The van der Waals surface area contributed by atoms with Crippen LogP contribution in [0, 0.1) is 5.92 Å². The molecule has 0 radical (unpaired) electrons. The largest absolute Gasteiger partial charge is 0.383 e. The third-order valence-electron chi connectivity index (χ3n) is 2.70. The number of carbonyl (C=O) groups excluding carboxylic acids is 2. The van der Waals surface area contributed by atoms with E-state index in [-0.39, 0.29) is 17.7 Å². The second kappa shape index (κ2) is 6.48. The smallest absolute Gasteiger partial charge is 0.225 e. The molecule has 0 aromatic rings. The van der Waals surface area contributed by atoms with E-state index in [1.165, 1.54) is 0 Å². The van der Waals surface area contributed by atoms with Crippen molar-refractivity contribution in [3.8, 4) is 0 Å². The fourth-order valence-electron chi connectivity index (χ4n) is 1.76. The van der Waals surface area contributed by atoms with E-state index in [0.29, 0.717) is 32.7 Å². The molecule has 0 saturated carbocycles. The Kier molecular flexibility index (Phi) is 5.25. The lowest BCUT2D eigenvalue weighted by Crippen LogP contribution is -2.34. The molecule has 0 unspecified atom stereocenters. The van der Waals surface area contributed by atoms with Gasteiger partial charge in [-0.15, -0.1) is 0 Å². The van der Waals surface area contributed by atoms with Crippen molar-refractivity contribution in [1.82, 2.24) is 10.2 Å². The summed E-state index contributed by atoms with van der Waals surface area (Å²) < 4.78 is 4.92. The summed E-state index contributed by atoms with van der Waals surface area (Å²) in [6.45, 7) is 4.31. The van der Waals surface area contributed by atoms with Crippen LogP contribution in [0.15, 0.2) is 0 Å². The van der Waals surface area contributed by atoms with Crippen molar-refractivity contribution in [1.29, 1.82) is 0 Å². The van der Waals surface area contributed by atoms with Crippen LogP contribution in [0.5, 0.6) is 0 Å². The number of nitrogens with zero attached hydrogens (tertiary/aromatic N) is 1. The minimum atomic E-state index is -0.184. The molecule has 1 aliphatic rings. The highest BCUT2D eigenvalue weighted by atomic mass is 16.5. The second-order valence-electron chi connectivity index (χ2n) is 4.02. The minimum absolute atomic E-state index is 0.00452. The van der Waals surface area contributed by atoms with Crippen molar-refractivity contribution >= 4 is 11.8 Å². The first-order valence-corrected chi connectivity index (χ1v) is 5.73. The van der Waals surface area contributed by atoms with Crippen LogP contribution in [0.3, 0.4) is 0 Å². The Labute approximate surface area is 96.1 Å². The monoisotopic (exact) mass is 228 g/mol. The van der Waals surface area contributed by atoms with Crippen LogP contribution < -0.4 is 5.32 Å². The van der Waals surface area contributed by atoms with Gasteiger partial charge in [-0.3, -0.25) is 9.59 Å². The lowest BCUT2D eigenvalue weighted by Gasteiger charge is -2.15. The molecule has 1 heterocycles. The van der Waals surface area contributed by atoms with Crippen molar-refractivity contribution in [2.45, 2.75) is 19.8 Å². The van der Waals surface area contributed by atoms with Gasteiger partial charge < -0.3 is 15.0 Å². The predicted octanol–water partition coefficient (Wildman–Crippen LogP) is 0.00750. The molecule has 1 saturated heterocycles. The number of hydrogen-bond donors (Lipinski definition) is 1. The summed E-state index contributed by atoms with van der Waals surface area (Å²) in [6, 6.07) is 0. The maximum atomic E-state index is 11.6. The quantitative estimate of drug-likeness (QED) is 0.696. The highest BCUT2D eigenvalue weighted by molar-refractivity contribution is 5.89. The molecule has 1 N–H and O–H groups in total. The topological polar surface area (TPSA) is 58.6 Å². The van der Waals surface area contributed by atoms with Gasteiger partial charge in [0.25, 0.3) is 0 Å². The van der Waals surface area contributed by atoms with Gasteiger partial charge in [0.2, 0.25) is 11.8 Å². The van der Waals surface area contributed by atoms with E-state index in [2.05, 4.69) is 5.32 Å². The van der Waals surface area contributed by atoms with Gasteiger partial charge in [0.15, 0.2) is 0 Å². The Balaban J connectivity index is 2.36. The fraction of sp³-hybridized carbons (Fsp3) is 0.818.